The molecule has 0 unspecified atom stereocenters. The molecule has 5 heteroatoms. The van der Waals surface area contributed by atoms with E-state index in [0.717, 1.165) is 0 Å². The number of carbonyl (C=O) groups excluding carboxylic acids is 1. The molecular weight excluding hydrogens is 256 g/mol. The first-order valence-electron chi connectivity index (χ1n) is 6.72. The van der Waals surface area contributed by atoms with Crippen LogP contribution in [0.4, 0.5) is 5.69 Å². The number of rotatable bonds is 8. The van der Waals surface area contributed by atoms with E-state index in [9.17, 15) is 4.79 Å². The summed E-state index contributed by atoms with van der Waals surface area (Å²) in [6.07, 6.45) is 0.706. The van der Waals surface area contributed by atoms with Gasteiger partial charge in [-0.15, -0.1) is 0 Å². The van der Waals surface area contributed by atoms with Crippen molar-refractivity contribution in [2.45, 2.75) is 20.3 Å². The highest BCUT2D eigenvalue weighted by atomic mass is 16.5. The van der Waals surface area contributed by atoms with E-state index in [2.05, 4.69) is 24.5 Å². The van der Waals surface area contributed by atoms with Crippen LogP contribution in [0.2, 0.25) is 0 Å². The van der Waals surface area contributed by atoms with Crippen molar-refractivity contribution < 1.29 is 14.6 Å². The van der Waals surface area contributed by atoms with Crippen LogP contribution in [0.15, 0.2) is 24.3 Å². The average Bonchev–Trinajstić information content (AvgIpc) is 2.38. The molecule has 0 aliphatic rings. The lowest BCUT2D eigenvalue weighted by Gasteiger charge is -2.23. The van der Waals surface area contributed by atoms with Gasteiger partial charge in [0, 0.05) is 24.9 Å². The summed E-state index contributed by atoms with van der Waals surface area (Å²) in [5.41, 5.74) is 0.691. The molecule has 3 N–H and O–H groups in total. The molecule has 0 saturated heterocycles. The molecule has 112 valence electrons. The Labute approximate surface area is 120 Å². The van der Waals surface area contributed by atoms with Crippen molar-refractivity contribution >= 4 is 11.6 Å². The summed E-state index contributed by atoms with van der Waals surface area (Å²) >= 11 is 0. The molecule has 0 aliphatic carbocycles. The number of hydrogen-bond acceptors (Lipinski definition) is 4. The fourth-order valence-corrected chi connectivity index (χ4v) is 1.81. The minimum absolute atomic E-state index is 0.0228. The maximum atomic E-state index is 11.8. The van der Waals surface area contributed by atoms with Gasteiger partial charge in [-0.05, 0) is 24.0 Å². The molecule has 0 fully saturated rings. The van der Waals surface area contributed by atoms with Gasteiger partial charge in [0.05, 0.1) is 13.7 Å². The Bertz CT molecular complexity index is 433. The van der Waals surface area contributed by atoms with Gasteiger partial charge < -0.3 is 20.5 Å². The molecule has 0 bridgehead atoms. The number of nitrogens with one attached hydrogen (secondary N) is 2. The summed E-state index contributed by atoms with van der Waals surface area (Å²) in [6.45, 7) is 5.18. The Balaban J connectivity index is 2.36. The van der Waals surface area contributed by atoms with E-state index in [4.69, 9.17) is 9.84 Å². The number of ether oxygens (including phenoxy) is 1. The number of aliphatic hydroxyl groups is 1. The Morgan fingerprint density at radius 2 is 2.15 bits per heavy atom. The van der Waals surface area contributed by atoms with Gasteiger partial charge in [0.2, 0.25) is 5.91 Å². The van der Waals surface area contributed by atoms with Crippen LogP contribution < -0.4 is 15.4 Å². The minimum Gasteiger partial charge on any atom is -0.497 e. The quantitative estimate of drug-likeness (QED) is 0.677. The van der Waals surface area contributed by atoms with Crippen LogP contribution in [0.5, 0.6) is 5.75 Å². The van der Waals surface area contributed by atoms with Crippen molar-refractivity contribution in [3.8, 4) is 5.75 Å². The van der Waals surface area contributed by atoms with E-state index >= 15 is 0 Å². The molecule has 1 aromatic carbocycles. The third-order valence-electron chi connectivity index (χ3n) is 3.03. The number of methoxy groups -OCH3 is 1. The second kappa shape index (κ2) is 7.87. The zero-order valence-electron chi connectivity index (χ0n) is 12.4. The van der Waals surface area contributed by atoms with Crippen LogP contribution in [0.1, 0.15) is 20.3 Å². The summed E-state index contributed by atoms with van der Waals surface area (Å²) in [4.78, 5) is 11.8. The number of carbonyl (C=O) groups is 1. The fourth-order valence-electron chi connectivity index (χ4n) is 1.81. The molecule has 1 rings (SSSR count). The first-order valence-corrected chi connectivity index (χ1v) is 6.72. The SMILES string of the molecule is COc1cccc(NC(=O)CNCC(C)(C)CCO)c1. The zero-order valence-corrected chi connectivity index (χ0v) is 12.4. The molecule has 0 aliphatic heterocycles. The highest BCUT2D eigenvalue weighted by Crippen LogP contribution is 2.18. The van der Waals surface area contributed by atoms with Gasteiger partial charge in [-0.25, -0.2) is 0 Å². The van der Waals surface area contributed by atoms with Crippen LogP contribution in [-0.2, 0) is 4.79 Å². The van der Waals surface area contributed by atoms with E-state index < -0.39 is 0 Å². The normalized spacial score (nSPS) is 11.2. The van der Waals surface area contributed by atoms with E-state index in [1.807, 2.05) is 18.2 Å². The first kappa shape index (κ1) is 16.5. The van der Waals surface area contributed by atoms with Crippen molar-refractivity contribution in [1.29, 1.82) is 0 Å². The zero-order chi connectivity index (χ0) is 15.0. The minimum atomic E-state index is -0.0990. The van der Waals surface area contributed by atoms with Crippen molar-refractivity contribution in [2.75, 3.05) is 32.1 Å². The van der Waals surface area contributed by atoms with Crippen LogP contribution in [0.3, 0.4) is 0 Å². The van der Waals surface area contributed by atoms with Gasteiger partial charge in [-0.3, -0.25) is 4.79 Å². The predicted octanol–water partition coefficient (Wildman–Crippen LogP) is 1.63. The summed E-state index contributed by atoms with van der Waals surface area (Å²) in [5, 5.41) is 14.8. The highest BCUT2D eigenvalue weighted by molar-refractivity contribution is 5.92. The number of anilines is 1. The molecule has 5 nitrogen and oxygen atoms in total. The van der Waals surface area contributed by atoms with Gasteiger partial charge in [-0.1, -0.05) is 19.9 Å². The number of amides is 1. The highest BCUT2D eigenvalue weighted by Gasteiger charge is 2.16. The summed E-state index contributed by atoms with van der Waals surface area (Å²) in [5.74, 6) is 0.609. The molecule has 20 heavy (non-hydrogen) atoms. The van der Waals surface area contributed by atoms with Crippen molar-refractivity contribution in [2.24, 2.45) is 5.41 Å². The summed E-state index contributed by atoms with van der Waals surface area (Å²) < 4.78 is 5.10. The van der Waals surface area contributed by atoms with Gasteiger partial charge in [0.15, 0.2) is 0 Å². The maximum Gasteiger partial charge on any atom is 0.238 e. The lowest BCUT2D eigenvalue weighted by molar-refractivity contribution is -0.115. The average molecular weight is 280 g/mol. The van der Waals surface area contributed by atoms with E-state index in [-0.39, 0.29) is 24.5 Å². The molecule has 0 saturated carbocycles. The maximum absolute atomic E-state index is 11.8. The molecule has 1 aromatic rings. The molecule has 0 aromatic heterocycles. The third-order valence-corrected chi connectivity index (χ3v) is 3.03. The van der Waals surface area contributed by atoms with Gasteiger partial charge in [0.1, 0.15) is 5.75 Å². The molecule has 1 amide bonds. The Kier molecular flexibility index (Phi) is 6.48. The monoisotopic (exact) mass is 280 g/mol. The van der Waals surface area contributed by atoms with E-state index in [1.54, 1.807) is 13.2 Å². The van der Waals surface area contributed by atoms with Crippen molar-refractivity contribution in [3.63, 3.8) is 0 Å². The molecular formula is C15H24N2O3. The van der Waals surface area contributed by atoms with Gasteiger partial charge in [0.25, 0.3) is 0 Å². The second-order valence-electron chi connectivity index (χ2n) is 5.52. The van der Waals surface area contributed by atoms with Crippen LogP contribution in [0.25, 0.3) is 0 Å². The lowest BCUT2D eigenvalue weighted by atomic mass is 9.90. The van der Waals surface area contributed by atoms with Crippen LogP contribution in [-0.4, -0.2) is 37.8 Å². The molecule has 0 atom stereocenters. The van der Waals surface area contributed by atoms with E-state index in [1.165, 1.54) is 0 Å². The molecule has 0 heterocycles. The Morgan fingerprint density at radius 3 is 2.80 bits per heavy atom. The van der Waals surface area contributed by atoms with Crippen LogP contribution >= 0.6 is 0 Å². The number of hydrogen-bond donors (Lipinski definition) is 3. The predicted molar refractivity (Wildman–Crippen MR) is 80.0 cm³/mol. The van der Waals surface area contributed by atoms with Crippen molar-refractivity contribution in [3.05, 3.63) is 24.3 Å². The van der Waals surface area contributed by atoms with E-state index in [0.29, 0.717) is 24.4 Å². The number of benzene rings is 1. The van der Waals surface area contributed by atoms with Crippen molar-refractivity contribution in [1.82, 2.24) is 5.32 Å². The van der Waals surface area contributed by atoms with Gasteiger partial charge in [-0.2, -0.15) is 0 Å². The summed E-state index contributed by atoms with van der Waals surface area (Å²) in [7, 11) is 1.59. The fraction of sp³-hybridized carbons (Fsp3) is 0.533. The first-order chi connectivity index (χ1) is 9.46. The Morgan fingerprint density at radius 1 is 1.40 bits per heavy atom. The Hall–Kier alpha value is -1.59. The lowest BCUT2D eigenvalue weighted by Crippen LogP contribution is -2.35. The van der Waals surface area contributed by atoms with Gasteiger partial charge >= 0.3 is 0 Å². The third kappa shape index (κ3) is 6.04. The van der Waals surface area contributed by atoms with Crippen LogP contribution in [0, 0.1) is 5.41 Å². The number of aliphatic hydroxyl groups excluding tert-OH is 1. The molecule has 0 spiro atoms. The topological polar surface area (TPSA) is 70.6 Å². The largest absolute Gasteiger partial charge is 0.497 e. The standard InChI is InChI=1S/C15H24N2O3/c1-15(2,7-8-18)11-16-10-14(19)17-12-5-4-6-13(9-12)20-3/h4-6,9,16,18H,7-8,10-11H2,1-3H3,(H,17,19). The smallest absolute Gasteiger partial charge is 0.238 e. The summed E-state index contributed by atoms with van der Waals surface area (Å²) in [6, 6.07) is 7.24. The second-order valence-corrected chi connectivity index (χ2v) is 5.52. The molecule has 0 radical (unpaired) electrons.